The highest BCUT2D eigenvalue weighted by Crippen LogP contribution is 2.25. The summed E-state index contributed by atoms with van der Waals surface area (Å²) in [7, 11) is -3.59. The maximum Gasteiger partial charge on any atom is 0.244 e. The minimum atomic E-state index is -3.59. The molecule has 1 aliphatic rings. The number of carbonyl (C=O) groups excluding carboxylic acids is 1. The second kappa shape index (κ2) is 11.3. The zero-order valence-electron chi connectivity index (χ0n) is 19.5. The molecule has 0 saturated carbocycles. The van der Waals surface area contributed by atoms with Gasteiger partial charge in [0.2, 0.25) is 21.8 Å². The lowest BCUT2D eigenvalue weighted by Gasteiger charge is -2.30. The van der Waals surface area contributed by atoms with Crippen molar-refractivity contribution in [3.05, 3.63) is 72.7 Å². The summed E-state index contributed by atoms with van der Waals surface area (Å²) in [5, 5.41) is 2.95. The van der Waals surface area contributed by atoms with Gasteiger partial charge in [0.05, 0.1) is 6.61 Å². The van der Waals surface area contributed by atoms with Gasteiger partial charge in [-0.3, -0.25) is 9.78 Å². The average Bonchev–Trinajstić information content (AvgIpc) is 2.89. The van der Waals surface area contributed by atoms with Crippen molar-refractivity contribution in [3.8, 4) is 17.4 Å². The summed E-state index contributed by atoms with van der Waals surface area (Å²) in [5.74, 6) is 1.50. The highest BCUT2D eigenvalue weighted by Gasteiger charge is 2.32. The van der Waals surface area contributed by atoms with Crippen LogP contribution in [0.1, 0.15) is 25.3 Å². The molecule has 0 unspecified atom stereocenters. The van der Waals surface area contributed by atoms with E-state index in [-0.39, 0.29) is 16.7 Å². The summed E-state index contributed by atoms with van der Waals surface area (Å²) in [6.07, 6.45) is 5.44. The van der Waals surface area contributed by atoms with Gasteiger partial charge in [-0.25, -0.2) is 13.4 Å². The summed E-state index contributed by atoms with van der Waals surface area (Å²) in [5.41, 5.74) is 0.853. The monoisotopic (exact) mass is 496 g/mol. The van der Waals surface area contributed by atoms with E-state index >= 15 is 0 Å². The lowest BCUT2D eigenvalue weighted by molar-refractivity contribution is -0.126. The minimum Gasteiger partial charge on any atom is -0.494 e. The smallest absolute Gasteiger partial charge is 0.244 e. The molecule has 0 bridgehead atoms. The van der Waals surface area contributed by atoms with E-state index in [0.29, 0.717) is 50.7 Å². The third-order valence-corrected chi connectivity index (χ3v) is 7.60. The largest absolute Gasteiger partial charge is 0.494 e. The van der Waals surface area contributed by atoms with Crippen molar-refractivity contribution in [2.75, 3.05) is 19.7 Å². The molecule has 10 heteroatoms. The number of piperidine rings is 1. The zero-order valence-corrected chi connectivity index (χ0v) is 20.3. The molecule has 1 aliphatic heterocycles. The first-order valence-corrected chi connectivity index (χ1v) is 12.9. The lowest BCUT2D eigenvalue weighted by Crippen LogP contribution is -2.42. The van der Waals surface area contributed by atoms with E-state index in [2.05, 4.69) is 15.3 Å². The predicted octanol–water partition coefficient (Wildman–Crippen LogP) is 3.38. The van der Waals surface area contributed by atoms with Gasteiger partial charge in [-0.1, -0.05) is 0 Å². The van der Waals surface area contributed by atoms with Crippen LogP contribution in [0.2, 0.25) is 0 Å². The number of nitrogens with one attached hydrogen (secondary N) is 1. The number of hydrogen-bond donors (Lipinski definition) is 1. The highest BCUT2D eigenvalue weighted by atomic mass is 32.2. The molecule has 184 valence electrons. The Labute approximate surface area is 205 Å². The summed E-state index contributed by atoms with van der Waals surface area (Å²) in [6, 6.07) is 14.0. The van der Waals surface area contributed by atoms with Crippen molar-refractivity contribution in [2.24, 2.45) is 5.92 Å². The second-order valence-electron chi connectivity index (χ2n) is 8.09. The van der Waals surface area contributed by atoms with Gasteiger partial charge in [0.15, 0.2) is 0 Å². The molecule has 1 N–H and O–H groups in total. The van der Waals surface area contributed by atoms with Crippen LogP contribution in [0.4, 0.5) is 0 Å². The molecular formula is C25H28N4O5S. The van der Waals surface area contributed by atoms with Crippen molar-refractivity contribution in [3.63, 3.8) is 0 Å². The van der Waals surface area contributed by atoms with Gasteiger partial charge in [0.1, 0.15) is 16.4 Å². The van der Waals surface area contributed by atoms with Crippen LogP contribution in [0.15, 0.2) is 72.0 Å². The fraction of sp³-hybridized carbons (Fsp3) is 0.320. The van der Waals surface area contributed by atoms with E-state index in [4.69, 9.17) is 9.47 Å². The first-order chi connectivity index (χ1) is 17.0. The van der Waals surface area contributed by atoms with Crippen molar-refractivity contribution < 1.29 is 22.7 Å². The molecule has 0 spiro atoms. The molecule has 3 aromatic rings. The van der Waals surface area contributed by atoms with Crippen LogP contribution in [0.3, 0.4) is 0 Å². The SMILES string of the molecule is CCOc1ccc(Oc2cc(CNC(=O)C3CCN(S(=O)(=O)c4cccnc4)CC3)ccn2)cc1. The van der Waals surface area contributed by atoms with Crippen LogP contribution >= 0.6 is 0 Å². The van der Waals surface area contributed by atoms with Crippen molar-refractivity contribution in [2.45, 2.75) is 31.2 Å². The molecule has 0 radical (unpaired) electrons. The van der Waals surface area contributed by atoms with Gasteiger partial charge in [-0.2, -0.15) is 4.31 Å². The number of carbonyl (C=O) groups is 1. The molecule has 0 aliphatic carbocycles. The topological polar surface area (TPSA) is 111 Å². The Morgan fingerprint density at radius 3 is 2.51 bits per heavy atom. The molecule has 1 fully saturated rings. The number of benzene rings is 1. The van der Waals surface area contributed by atoms with Gasteiger partial charge in [-0.05, 0) is 67.8 Å². The number of sulfonamides is 1. The Bertz CT molecular complexity index is 1230. The maximum absolute atomic E-state index is 12.7. The molecule has 1 amide bonds. The van der Waals surface area contributed by atoms with E-state index in [0.717, 1.165) is 11.3 Å². The zero-order chi connectivity index (χ0) is 24.7. The number of hydrogen-bond acceptors (Lipinski definition) is 7. The molecule has 35 heavy (non-hydrogen) atoms. The van der Waals surface area contributed by atoms with E-state index in [1.165, 1.54) is 22.8 Å². The normalized spacial score (nSPS) is 14.9. The summed E-state index contributed by atoms with van der Waals surface area (Å²) in [4.78, 5) is 21.0. The van der Waals surface area contributed by atoms with Gasteiger partial charge in [0, 0.05) is 50.2 Å². The van der Waals surface area contributed by atoms with E-state index in [1.807, 2.05) is 37.3 Å². The molecule has 4 rings (SSSR count). The molecule has 2 aromatic heterocycles. The Balaban J connectivity index is 1.27. The number of pyridine rings is 2. The quantitative estimate of drug-likeness (QED) is 0.483. The Hall–Kier alpha value is -3.50. The minimum absolute atomic E-state index is 0.0887. The van der Waals surface area contributed by atoms with Crippen LogP contribution in [-0.4, -0.2) is 48.3 Å². The van der Waals surface area contributed by atoms with Crippen molar-refractivity contribution in [1.82, 2.24) is 19.6 Å². The maximum atomic E-state index is 12.7. The van der Waals surface area contributed by atoms with Crippen LogP contribution in [0.25, 0.3) is 0 Å². The number of amides is 1. The predicted molar refractivity (Wildman–Crippen MR) is 129 cm³/mol. The summed E-state index contributed by atoms with van der Waals surface area (Å²) in [6.45, 7) is 3.44. The molecule has 0 atom stereocenters. The number of ether oxygens (including phenoxy) is 2. The first-order valence-electron chi connectivity index (χ1n) is 11.5. The van der Waals surface area contributed by atoms with Crippen LogP contribution in [0, 0.1) is 5.92 Å². The fourth-order valence-electron chi connectivity index (χ4n) is 3.85. The third kappa shape index (κ3) is 6.34. The van der Waals surface area contributed by atoms with Gasteiger partial charge in [-0.15, -0.1) is 0 Å². The third-order valence-electron chi connectivity index (χ3n) is 5.72. The molecule has 9 nitrogen and oxygen atoms in total. The number of rotatable bonds is 9. The van der Waals surface area contributed by atoms with E-state index in [9.17, 15) is 13.2 Å². The Kier molecular flexibility index (Phi) is 7.94. The Morgan fingerprint density at radius 1 is 1.09 bits per heavy atom. The molecule has 1 saturated heterocycles. The van der Waals surface area contributed by atoms with Gasteiger partial charge in [0.25, 0.3) is 0 Å². The van der Waals surface area contributed by atoms with E-state index in [1.54, 1.807) is 18.3 Å². The lowest BCUT2D eigenvalue weighted by atomic mass is 9.97. The van der Waals surface area contributed by atoms with Crippen molar-refractivity contribution in [1.29, 1.82) is 0 Å². The molecular weight excluding hydrogens is 468 g/mol. The summed E-state index contributed by atoms with van der Waals surface area (Å²) >= 11 is 0. The van der Waals surface area contributed by atoms with Gasteiger partial charge >= 0.3 is 0 Å². The first kappa shape index (κ1) is 24.6. The number of nitrogens with zero attached hydrogens (tertiary/aromatic N) is 3. The van der Waals surface area contributed by atoms with Crippen molar-refractivity contribution >= 4 is 15.9 Å². The van der Waals surface area contributed by atoms with Crippen LogP contribution in [-0.2, 0) is 21.4 Å². The molecule has 3 heterocycles. The second-order valence-corrected chi connectivity index (χ2v) is 10.0. The number of aromatic nitrogens is 2. The fourth-order valence-corrected chi connectivity index (χ4v) is 5.28. The summed E-state index contributed by atoms with van der Waals surface area (Å²) < 4.78 is 38.1. The standard InChI is InChI=1S/C25H28N4O5S/c1-2-33-21-5-7-22(8-6-21)34-24-16-19(9-13-27-24)17-28-25(30)20-10-14-29(15-11-20)35(31,32)23-4-3-12-26-18-23/h3-9,12-13,16,18,20H,2,10-11,14-15,17H2,1H3,(H,28,30). The average molecular weight is 497 g/mol. The molecule has 1 aromatic carbocycles. The van der Waals surface area contributed by atoms with Gasteiger partial charge < -0.3 is 14.8 Å². The van der Waals surface area contributed by atoms with E-state index < -0.39 is 10.0 Å². The Morgan fingerprint density at radius 2 is 1.83 bits per heavy atom. The van der Waals surface area contributed by atoms with Crippen LogP contribution in [0.5, 0.6) is 17.4 Å². The van der Waals surface area contributed by atoms with Crippen LogP contribution < -0.4 is 14.8 Å². The highest BCUT2D eigenvalue weighted by molar-refractivity contribution is 7.89.